The molecule has 0 aliphatic carbocycles. The number of pyridine rings is 1. The van der Waals surface area contributed by atoms with E-state index in [4.69, 9.17) is 0 Å². The standard InChI is InChI=1S/C17H17N3O2S2/c1-13-4-6-14(7-5-13)11-18-16-9-8-15(12-19-16)20-24(21,22)17-3-2-10-23-17/h2-10,12,20H,11H2,1H3,(H,18,19). The van der Waals surface area contributed by atoms with Gasteiger partial charge in [-0.3, -0.25) is 4.72 Å². The Morgan fingerprint density at radius 1 is 1.08 bits per heavy atom. The molecule has 0 fully saturated rings. The summed E-state index contributed by atoms with van der Waals surface area (Å²) in [7, 11) is -3.53. The highest BCUT2D eigenvalue weighted by Gasteiger charge is 2.15. The van der Waals surface area contributed by atoms with Crippen LogP contribution < -0.4 is 10.0 Å². The van der Waals surface area contributed by atoms with Gasteiger partial charge < -0.3 is 5.32 Å². The number of benzene rings is 1. The molecule has 5 nitrogen and oxygen atoms in total. The molecule has 0 aliphatic heterocycles. The predicted octanol–water partition coefficient (Wildman–Crippen LogP) is 3.86. The molecule has 7 heteroatoms. The van der Waals surface area contributed by atoms with Gasteiger partial charge in [0.1, 0.15) is 10.0 Å². The quantitative estimate of drug-likeness (QED) is 0.701. The summed E-state index contributed by atoms with van der Waals surface area (Å²) < 4.78 is 27.1. The molecule has 0 bridgehead atoms. The average molecular weight is 359 g/mol. The van der Waals surface area contributed by atoms with E-state index >= 15 is 0 Å². The Morgan fingerprint density at radius 3 is 2.50 bits per heavy atom. The molecule has 0 spiro atoms. The second kappa shape index (κ2) is 7.02. The Balaban J connectivity index is 1.62. The average Bonchev–Trinajstić information content (AvgIpc) is 3.11. The molecule has 0 amide bonds. The molecule has 0 radical (unpaired) electrons. The van der Waals surface area contributed by atoms with E-state index in [9.17, 15) is 8.42 Å². The van der Waals surface area contributed by atoms with Crippen molar-refractivity contribution in [3.05, 3.63) is 71.2 Å². The summed E-state index contributed by atoms with van der Waals surface area (Å²) >= 11 is 1.18. The predicted molar refractivity (Wildman–Crippen MR) is 97.9 cm³/mol. The van der Waals surface area contributed by atoms with Crippen molar-refractivity contribution in [2.45, 2.75) is 17.7 Å². The summed E-state index contributed by atoms with van der Waals surface area (Å²) in [5.41, 5.74) is 2.81. The van der Waals surface area contributed by atoms with Gasteiger partial charge in [-0.2, -0.15) is 0 Å². The van der Waals surface area contributed by atoms with Crippen LogP contribution in [0.4, 0.5) is 11.5 Å². The molecule has 2 N–H and O–H groups in total. The third kappa shape index (κ3) is 4.12. The first-order chi connectivity index (χ1) is 11.5. The maximum absolute atomic E-state index is 12.1. The van der Waals surface area contributed by atoms with E-state index < -0.39 is 10.0 Å². The molecule has 0 aliphatic rings. The maximum Gasteiger partial charge on any atom is 0.271 e. The van der Waals surface area contributed by atoms with Crippen LogP contribution in [0.1, 0.15) is 11.1 Å². The van der Waals surface area contributed by atoms with Crippen LogP contribution in [-0.2, 0) is 16.6 Å². The number of hydrogen-bond acceptors (Lipinski definition) is 5. The monoisotopic (exact) mass is 359 g/mol. The lowest BCUT2D eigenvalue weighted by atomic mass is 10.1. The number of thiophene rings is 1. The summed E-state index contributed by atoms with van der Waals surface area (Å²) in [5, 5.41) is 4.94. The molecule has 0 saturated carbocycles. The van der Waals surface area contributed by atoms with Gasteiger partial charge in [0.05, 0.1) is 11.9 Å². The zero-order valence-corrected chi connectivity index (χ0v) is 14.7. The maximum atomic E-state index is 12.1. The fraction of sp³-hybridized carbons (Fsp3) is 0.118. The Kier molecular flexibility index (Phi) is 4.82. The van der Waals surface area contributed by atoms with Crippen LogP contribution in [0.5, 0.6) is 0 Å². The van der Waals surface area contributed by atoms with Crippen molar-refractivity contribution >= 4 is 32.9 Å². The van der Waals surface area contributed by atoms with Gasteiger partial charge in [-0.15, -0.1) is 11.3 Å². The van der Waals surface area contributed by atoms with Crippen molar-refractivity contribution in [1.29, 1.82) is 0 Å². The number of aryl methyl sites for hydroxylation is 1. The van der Waals surface area contributed by atoms with Gasteiger partial charge in [0.15, 0.2) is 0 Å². The van der Waals surface area contributed by atoms with E-state index in [1.807, 2.05) is 0 Å². The molecule has 24 heavy (non-hydrogen) atoms. The lowest BCUT2D eigenvalue weighted by molar-refractivity contribution is 0.603. The van der Waals surface area contributed by atoms with Gasteiger partial charge in [-0.05, 0) is 36.1 Å². The summed E-state index contributed by atoms with van der Waals surface area (Å²) in [6.45, 7) is 2.71. The Hall–Kier alpha value is -2.38. The molecule has 3 aromatic rings. The van der Waals surface area contributed by atoms with Gasteiger partial charge >= 0.3 is 0 Å². The number of nitrogens with zero attached hydrogens (tertiary/aromatic N) is 1. The first-order valence-corrected chi connectivity index (χ1v) is 9.71. The first kappa shape index (κ1) is 16.5. The second-order valence-electron chi connectivity index (χ2n) is 5.31. The Labute approximate surface area is 145 Å². The molecule has 2 heterocycles. The molecule has 2 aromatic heterocycles. The van der Waals surface area contributed by atoms with Gasteiger partial charge in [0.2, 0.25) is 0 Å². The summed E-state index contributed by atoms with van der Waals surface area (Å²) in [5.74, 6) is 0.689. The minimum absolute atomic E-state index is 0.282. The molecule has 3 rings (SSSR count). The van der Waals surface area contributed by atoms with E-state index in [1.165, 1.54) is 23.1 Å². The van der Waals surface area contributed by atoms with Crippen LogP contribution >= 0.6 is 11.3 Å². The van der Waals surface area contributed by atoms with E-state index in [1.54, 1.807) is 29.6 Å². The van der Waals surface area contributed by atoms with Gasteiger partial charge in [-0.1, -0.05) is 35.9 Å². The summed E-state index contributed by atoms with van der Waals surface area (Å²) in [6, 6.07) is 15.0. The Morgan fingerprint density at radius 2 is 1.88 bits per heavy atom. The van der Waals surface area contributed by atoms with E-state index in [2.05, 4.69) is 46.2 Å². The summed E-state index contributed by atoms with van der Waals surface area (Å²) in [4.78, 5) is 4.24. The highest BCUT2D eigenvalue weighted by atomic mass is 32.2. The number of hydrogen-bond donors (Lipinski definition) is 2. The number of anilines is 2. The highest BCUT2D eigenvalue weighted by molar-refractivity contribution is 7.94. The molecule has 0 saturated heterocycles. The minimum Gasteiger partial charge on any atom is -0.366 e. The number of nitrogens with one attached hydrogen (secondary N) is 2. The lowest BCUT2D eigenvalue weighted by Crippen LogP contribution is -2.11. The van der Waals surface area contributed by atoms with E-state index in [-0.39, 0.29) is 4.21 Å². The van der Waals surface area contributed by atoms with Crippen LogP contribution in [-0.4, -0.2) is 13.4 Å². The van der Waals surface area contributed by atoms with E-state index in [0.29, 0.717) is 18.1 Å². The van der Waals surface area contributed by atoms with Crippen LogP contribution in [0, 0.1) is 6.92 Å². The van der Waals surface area contributed by atoms with Crippen LogP contribution in [0.25, 0.3) is 0 Å². The number of sulfonamides is 1. The molecule has 0 atom stereocenters. The smallest absolute Gasteiger partial charge is 0.271 e. The SMILES string of the molecule is Cc1ccc(CNc2ccc(NS(=O)(=O)c3cccs3)cn2)cc1. The Bertz CT molecular complexity index is 888. The van der Waals surface area contributed by atoms with Crippen molar-refractivity contribution in [1.82, 2.24) is 4.98 Å². The second-order valence-corrected chi connectivity index (χ2v) is 8.17. The van der Waals surface area contributed by atoms with Crippen molar-refractivity contribution in [2.75, 3.05) is 10.0 Å². The fourth-order valence-electron chi connectivity index (χ4n) is 2.08. The summed E-state index contributed by atoms with van der Waals surface area (Å²) in [6.07, 6.45) is 1.50. The zero-order chi connectivity index (χ0) is 17.0. The normalized spacial score (nSPS) is 11.2. The van der Waals surface area contributed by atoms with E-state index in [0.717, 1.165) is 5.56 Å². The molecule has 1 aromatic carbocycles. The first-order valence-electron chi connectivity index (χ1n) is 7.35. The third-order valence-corrected chi connectivity index (χ3v) is 6.15. The molecular weight excluding hydrogens is 342 g/mol. The lowest BCUT2D eigenvalue weighted by Gasteiger charge is -2.08. The van der Waals surface area contributed by atoms with Crippen LogP contribution in [0.2, 0.25) is 0 Å². The van der Waals surface area contributed by atoms with Crippen molar-refractivity contribution in [2.24, 2.45) is 0 Å². The molecule has 0 unspecified atom stereocenters. The zero-order valence-electron chi connectivity index (χ0n) is 13.1. The third-order valence-electron chi connectivity index (χ3n) is 3.37. The van der Waals surface area contributed by atoms with Crippen LogP contribution in [0.15, 0.2) is 64.3 Å². The number of rotatable bonds is 6. The molecular formula is C17H17N3O2S2. The van der Waals surface area contributed by atoms with Gasteiger partial charge in [0, 0.05) is 6.54 Å². The number of aromatic nitrogens is 1. The fourth-order valence-corrected chi connectivity index (χ4v) is 4.12. The van der Waals surface area contributed by atoms with Gasteiger partial charge in [0.25, 0.3) is 10.0 Å². The van der Waals surface area contributed by atoms with Crippen LogP contribution in [0.3, 0.4) is 0 Å². The van der Waals surface area contributed by atoms with Crippen molar-refractivity contribution in [3.63, 3.8) is 0 Å². The highest BCUT2D eigenvalue weighted by Crippen LogP contribution is 2.20. The van der Waals surface area contributed by atoms with Crippen molar-refractivity contribution < 1.29 is 8.42 Å². The molecule has 124 valence electrons. The topological polar surface area (TPSA) is 71.1 Å². The largest absolute Gasteiger partial charge is 0.366 e. The van der Waals surface area contributed by atoms with Crippen molar-refractivity contribution in [3.8, 4) is 0 Å². The minimum atomic E-state index is -3.53. The van der Waals surface area contributed by atoms with Gasteiger partial charge in [-0.25, -0.2) is 13.4 Å².